The lowest BCUT2D eigenvalue weighted by Gasteiger charge is -2.44. The zero-order valence-electron chi connectivity index (χ0n) is 17.0. The molecule has 0 radical (unpaired) electrons. The molecule has 31 heavy (non-hydrogen) atoms. The fraction of sp³-hybridized carbons (Fsp3) is 0.292. The summed E-state index contributed by atoms with van der Waals surface area (Å²) < 4.78 is 0. The van der Waals surface area contributed by atoms with Crippen LogP contribution in [0.15, 0.2) is 48.5 Å². The van der Waals surface area contributed by atoms with Crippen molar-refractivity contribution in [1.29, 1.82) is 0 Å². The summed E-state index contributed by atoms with van der Waals surface area (Å²) in [6.45, 7) is 3.03. The molecule has 0 unspecified atom stereocenters. The summed E-state index contributed by atoms with van der Waals surface area (Å²) in [5, 5.41) is 18.2. The van der Waals surface area contributed by atoms with E-state index in [1.165, 1.54) is 12.8 Å². The summed E-state index contributed by atoms with van der Waals surface area (Å²) in [6.07, 6.45) is 2.35. The molecular formula is C24H24N4O3. The van der Waals surface area contributed by atoms with Crippen molar-refractivity contribution in [1.82, 2.24) is 20.4 Å². The van der Waals surface area contributed by atoms with E-state index in [1.807, 2.05) is 48.5 Å². The molecule has 3 aromatic rings. The van der Waals surface area contributed by atoms with Crippen LogP contribution in [-0.2, 0) is 4.79 Å². The summed E-state index contributed by atoms with van der Waals surface area (Å²) >= 11 is 0. The van der Waals surface area contributed by atoms with Gasteiger partial charge in [-0.05, 0) is 62.2 Å². The van der Waals surface area contributed by atoms with Gasteiger partial charge in [0.1, 0.15) is 0 Å². The zero-order chi connectivity index (χ0) is 21.6. The van der Waals surface area contributed by atoms with Gasteiger partial charge in [0.25, 0.3) is 12.4 Å². The SMILES string of the molecule is O=C(N[C@H]1CN2CCC1CC2)c1n[nH]c2cc(C#Cc3ccccc3)ccc12.O=CO. The molecule has 3 aliphatic heterocycles. The van der Waals surface area contributed by atoms with E-state index in [0.717, 1.165) is 41.7 Å². The maximum absolute atomic E-state index is 12.8. The fourth-order valence-corrected chi connectivity index (χ4v) is 4.30. The lowest BCUT2D eigenvalue weighted by Crippen LogP contribution is -2.57. The van der Waals surface area contributed by atoms with Gasteiger partial charge >= 0.3 is 0 Å². The van der Waals surface area contributed by atoms with Crippen LogP contribution >= 0.6 is 0 Å². The standard InChI is InChI=1S/C23H22N4O.CH2O2/c28-23(24-21-15-27-12-10-18(21)11-13-27)22-19-9-8-17(14-20(19)25-26-22)7-6-16-4-2-1-3-5-16;2-1-3/h1-5,8-9,14,18,21H,10-13,15H2,(H,24,28)(H,25,26);1H,(H,2,3)/t21-;/m0./s1. The topological polar surface area (TPSA) is 98.3 Å². The van der Waals surface area contributed by atoms with Gasteiger partial charge in [-0.2, -0.15) is 5.10 Å². The first kappa shape index (κ1) is 20.6. The number of aromatic amines is 1. The van der Waals surface area contributed by atoms with Gasteiger partial charge in [0.05, 0.1) is 5.52 Å². The van der Waals surface area contributed by atoms with Gasteiger partial charge in [-0.3, -0.25) is 14.7 Å². The number of rotatable bonds is 2. The summed E-state index contributed by atoms with van der Waals surface area (Å²) in [4.78, 5) is 23.6. The van der Waals surface area contributed by atoms with Crippen LogP contribution in [0.4, 0.5) is 0 Å². The first-order valence-corrected chi connectivity index (χ1v) is 10.3. The Morgan fingerprint density at radius 3 is 2.52 bits per heavy atom. The van der Waals surface area contributed by atoms with Gasteiger partial charge in [-0.1, -0.05) is 30.0 Å². The molecule has 0 spiro atoms. The van der Waals surface area contributed by atoms with Crippen molar-refractivity contribution >= 4 is 23.3 Å². The number of hydrogen-bond donors (Lipinski definition) is 3. The number of aromatic nitrogens is 2. The number of carbonyl (C=O) groups excluding carboxylic acids is 1. The Morgan fingerprint density at radius 1 is 1.13 bits per heavy atom. The number of amides is 1. The maximum atomic E-state index is 12.8. The quantitative estimate of drug-likeness (QED) is 0.440. The van der Waals surface area contributed by atoms with E-state index in [-0.39, 0.29) is 18.4 Å². The predicted octanol–water partition coefficient (Wildman–Crippen LogP) is 2.49. The number of nitrogens with one attached hydrogen (secondary N) is 2. The number of piperidine rings is 3. The van der Waals surface area contributed by atoms with E-state index in [2.05, 4.69) is 32.3 Å². The minimum absolute atomic E-state index is 0.0897. The molecule has 3 saturated heterocycles. The van der Waals surface area contributed by atoms with Crippen molar-refractivity contribution < 1.29 is 14.7 Å². The number of carbonyl (C=O) groups is 2. The number of fused-ring (bicyclic) bond motifs is 4. The minimum atomic E-state index is -0.250. The molecular weight excluding hydrogens is 392 g/mol. The molecule has 3 N–H and O–H groups in total. The third kappa shape index (κ3) is 4.76. The van der Waals surface area contributed by atoms with Crippen LogP contribution in [0, 0.1) is 17.8 Å². The molecule has 7 nitrogen and oxygen atoms in total. The average Bonchev–Trinajstić information content (AvgIpc) is 3.23. The molecule has 3 fully saturated rings. The van der Waals surface area contributed by atoms with Crippen LogP contribution < -0.4 is 5.32 Å². The first-order chi connectivity index (χ1) is 15.2. The number of hydrogen-bond acceptors (Lipinski definition) is 4. The average molecular weight is 416 g/mol. The number of nitrogens with zero attached hydrogens (tertiary/aromatic N) is 2. The number of H-pyrrole nitrogens is 1. The van der Waals surface area contributed by atoms with Crippen LogP contribution in [0.3, 0.4) is 0 Å². The van der Waals surface area contributed by atoms with Gasteiger partial charge in [0.2, 0.25) is 0 Å². The molecule has 3 aliphatic rings. The Hall–Kier alpha value is -3.63. The molecule has 2 aromatic carbocycles. The highest BCUT2D eigenvalue weighted by Gasteiger charge is 2.35. The van der Waals surface area contributed by atoms with Crippen molar-refractivity contribution in [2.24, 2.45) is 5.92 Å². The third-order valence-corrected chi connectivity index (χ3v) is 5.88. The van der Waals surface area contributed by atoms with Crippen LogP contribution in [0.1, 0.15) is 34.5 Å². The van der Waals surface area contributed by atoms with Gasteiger partial charge in [-0.15, -0.1) is 0 Å². The van der Waals surface area contributed by atoms with Crippen molar-refractivity contribution in [3.63, 3.8) is 0 Å². The molecule has 1 amide bonds. The highest BCUT2D eigenvalue weighted by molar-refractivity contribution is 6.05. The van der Waals surface area contributed by atoms with Crippen molar-refractivity contribution in [3.8, 4) is 11.8 Å². The van der Waals surface area contributed by atoms with E-state index >= 15 is 0 Å². The molecule has 7 heteroatoms. The second-order valence-electron chi connectivity index (χ2n) is 7.77. The Balaban J connectivity index is 0.000000730. The molecule has 4 heterocycles. The predicted molar refractivity (Wildman–Crippen MR) is 118 cm³/mol. The van der Waals surface area contributed by atoms with Gasteiger partial charge in [0.15, 0.2) is 5.69 Å². The lowest BCUT2D eigenvalue weighted by atomic mass is 9.84. The van der Waals surface area contributed by atoms with E-state index in [4.69, 9.17) is 9.90 Å². The number of benzene rings is 2. The second kappa shape index (κ2) is 9.45. The highest BCUT2D eigenvalue weighted by Crippen LogP contribution is 2.28. The first-order valence-electron chi connectivity index (χ1n) is 10.3. The molecule has 2 bridgehead atoms. The molecule has 0 aliphatic carbocycles. The largest absolute Gasteiger partial charge is 0.483 e. The lowest BCUT2D eigenvalue weighted by molar-refractivity contribution is -0.122. The second-order valence-corrected chi connectivity index (χ2v) is 7.77. The fourth-order valence-electron chi connectivity index (χ4n) is 4.30. The van der Waals surface area contributed by atoms with Crippen molar-refractivity contribution in [2.45, 2.75) is 18.9 Å². The monoisotopic (exact) mass is 416 g/mol. The minimum Gasteiger partial charge on any atom is -0.483 e. The van der Waals surface area contributed by atoms with Gasteiger partial charge < -0.3 is 15.3 Å². The van der Waals surface area contributed by atoms with Gasteiger partial charge in [-0.25, -0.2) is 0 Å². The molecule has 1 aromatic heterocycles. The van der Waals surface area contributed by atoms with E-state index in [9.17, 15) is 4.79 Å². The van der Waals surface area contributed by atoms with E-state index < -0.39 is 0 Å². The molecule has 158 valence electrons. The molecule has 6 rings (SSSR count). The van der Waals surface area contributed by atoms with E-state index in [1.54, 1.807) is 0 Å². The molecule has 1 atom stereocenters. The Morgan fingerprint density at radius 2 is 1.84 bits per heavy atom. The summed E-state index contributed by atoms with van der Waals surface area (Å²) in [7, 11) is 0. The Kier molecular flexibility index (Phi) is 6.29. The van der Waals surface area contributed by atoms with Gasteiger partial charge in [0, 0.05) is 29.1 Å². The third-order valence-electron chi connectivity index (χ3n) is 5.88. The summed E-state index contributed by atoms with van der Waals surface area (Å²) in [6, 6.07) is 15.9. The van der Waals surface area contributed by atoms with E-state index in [0.29, 0.717) is 11.6 Å². The Bertz CT molecular complexity index is 1120. The zero-order valence-corrected chi connectivity index (χ0v) is 17.0. The normalized spacial score (nSPS) is 21.4. The number of carboxylic acid groups (broad SMARTS) is 1. The van der Waals surface area contributed by atoms with Crippen molar-refractivity contribution in [2.75, 3.05) is 19.6 Å². The maximum Gasteiger partial charge on any atom is 0.290 e. The van der Waals surface area contributed by atoms with Crippen LogP contribution in [0.25, 0.3) is 10.9 Å². The Labute approximate surface area is 180 Å². The van der Waals surface area contributed by atoms with Crippen LogP contribution in [-0.4, -0.2) is 58.3 Å². The highest BCUT2D eigenvalue weighted by atomic mass is 16.3. The molecule has 0 saturated carbocycles. The smallest absolute Gasteiger partial charge is 0.290 e. The van der Waals surface area contributed by atoms with Crippen LogP contribution in [0.2, 0.25) is 0 Å². The summed E-state index contributed by atoms with van der Waals surface area (Å²) in [5.74, 6) is 6.83. The van der Waals surface area contributed by atoms with Crippen molar-refractivity contribution in [3.05, 3.63) is 65.4 Å². The van der Waals surface area contributed by atoms with Crippen LogP contribution in [0.5, 0.6) is 0 Å². The summed E-state index contributed by atoms with van der Waals surface area (Å²) in [5.41, 5.74) is 3.17.